The third-order valence-corrected chi connectivity index (χ3v) is 6.04. The number of benzene rings is 2. The Hall–Kier alpha value is -3.81. The van der Waals surface area contributed by atoms with E-state index in [1.54, 1.807) is 34.1 Å². The second-order valence-electron chi connectivity index (χ2n) is 8.34. The fraction of sp³-hybridized carbons (Fsp3) is 0.308. The van der Waals surface area contributed by atoms with Crippen molar-refractivity contribution in [2.45, 2.75) is 13.8 Å². The highest BCUT2D eigenvalue weighted by Crippen LogP contribution is 2.20. The van der Waals surface area contributed by atoms with Crippen LogP contribution in [-0.2, 0) is 4.79 Å². The monoisotopic (exact) mass is 461 g/mol. The maximum absolute atomic E-state index is 13.1. The zero-order valence-electron chi connectivity index (χ0n) is 19.4. The van der Waals surface area contributed by atoms with Crippen molar-refractivity contribution in [1.29, 1.82) is 0 Å². The lowest BCUT2D eigenvalue weighted by Crippen LogP contribution is -2.52. The summed E-state index contributed by atoms with van der Waals surface area (Å²) in [6.45, 7) is 6.76. The number of piperazine rings is 1. The zero-order chi connectivity index (χ0) is 24.1. The molecule has 0 spiro atoms. The summed E-state index contributed by atoms with van der Waals surface area (Å²) >= 11 is 0. The van der Waals surface area contributed by atoms with Crippen LogP contribution in [0.2, 0.25) is 0 Å². The minimum atomic E-state index is -0.290. The van der Waals surface area contributed by atoms with E-state index in [-0.39, 0.29) is 24.2 Å². The van der Waals surface area contributed by atoms with E-state index in [0.29, 0.717) is 44.0 Å². The first kappa shape index (κ1) is 23.4. The van der Waals surface area contributed by atoms with Gasteiger partial charge in [0.2, 0.25) is 5.91 Å². The first-order chi connectivity index (χ1) is 16.4. The van der Waals surface area contributed by atoms with Gasteiger partial charge in [0, 0.05) is 43.9 Å². The summed E-state index contributed by atoms with van der Waals surface area (Å²) in [4.78, 5) is 31.1. The molecular weight excluding hydrogens is 433 g/mol. The summed E-state index contributed by atoms with van der Waals surface area (Å²) in [5.74, 6) is 0.260. The van der Waals surface area contributed by atoms with Gasteiger partial charge in [0.05, 0.1) is 5.69 Å². The van der Waals surface area contributed by atoms with Crippen molar-refractivity contribution in [3.63, 3.8) is 0 Å². The predicted octanol–water partition coefficient (Wildman–Crippen LogP) is 3.40. The highest BCUT2D eigenvalue weighted by Gasteiger charge is 2.25. The van der Waals surface area contributed by atoms with Crippen LogP contribution in [0.3, 0.4) is 0 Å². The number of aromatic nitrogens is 2. The standard InChI is InChI=1S/C26H28FN5O2/c1-3-30(26(34)21-6-4-19(2)5-7-21)18-25(33)32-16-14-31(15-17-32)24-13-12-23(28-29-24)20-8-10-22(27)11-9-20/h4-13H,3,14-18H2,1-2H3. The van der Waals surface area contributed by atoms with E-state index in [4.69, 9.17) is 0 Å². The number of hydrogen-bond donors (Lipinski definition) is 0. The Kier molecular flexibility index (Phi) is 7.15. The maximum Gasteiger partial charge on any atom is 0.254 e. The SMILES string of the molecule is CCN(CC(=O)N1CCN(c2ccc(-c3ccc(F)cc3)nn2)CC1)C(=O)c1ccc(C)cc1. The number of halogens is 1. The normalized spacial score (nSPS) is 13.6. The maximum atomic E-state index is 13.1. The molecule has 176 valence electrons. The first-order valence-corrected chi connectivity index (χ1v) is 11.4. The quantitative estimate of drug-likeness (QED) is 0.563. The van der Waals surface area contributed by atoms with Gasteiger partial charge in [-0.05, 0) is 62.4 Å². The van der Waals surface area contributed by atoms with E-state index >= 15 is 0 Å². The minimum Gasteiger partial charge on any atom is -0.352 e. The van der Waals surface area contributed by atoms with Crippen molar-refractivity contribution in [1.82, 2.24) is 20.0 Å². The van der Waals surface area contributed by atoms with Gasteiger partial charge in [0.15, 0.2) is 5.82 Å². The number of aryl methyl sites for hydroxylation is 1. The molecule has 2 heterocycles. The molecule has 0 atom stereocenters. The molecule has 4 rings (SSSR count). The number of carbonyl (C=O) groups is 2. The smallest absolute Gasteiger partial charge is 0.254 e. The van der Waals surface area contributed by atoms with E-state index < -0.39 is 0 Å². The molecule has 1 saturated heterocycles. The number of amides is 2. The highest BCUT2D eigenvalue weighted by atomic mass is 19.1. The van der Waals surface area contributed by atoms with Gasteiger partial charge in [-0.3, -0.25) is 9.59 Å². The molecule has 0 bridgehead atoms. The Labute approximate surface area is 198 Å². The average Bonchev–Trinajstić information content (AvgIpc) is 2.88. The molecule has 0 radical (unpaired) electrons. The van der Waals surface area contributed by atoms with Crippen LogP contribution in [0.4, 0.5) is 10.2 Å². The van der Waals surface area contributed by atoms with Crippen molar-refractivity contribution >= 4 is 17.6 Å². The predicted molar refractivity (Wildman–Crippen MR) is 129 cm³/mol. The molecule has 7 nitrogen and oxygen atoms in total. The first-order valence-electron chi connectivity index (χ1n) is 11.4. The van der Waals surface area contributed by atoms with Gasteiger partial charge in [-0.2, -0.15) is 0 Å². The van der Waals surface area contributed by atoms with Crippen molar-refractivity contribution in [2.24, 2.45) is 0 Å². The number of rotatable bonds is 6. The average molecular weight is 462 g/mol. The van der Waals surface area contributed by atoms with Crippen LogP contribution in [0, 0.1) is 12.7 Å². The molecule has 0 N–H and O–H groups in total. The Morgan fingerprint density at radius 3 is 2.18 bits per heavy atom. The number of carbonyl (C=O) groups excluding carboxylic acids is 2. The van der Waals surface area contributed by atoms with Crippen molar-refractivity contribution in [3.8, 4) is 11.3 Å². The fourth-order valence-electron chi connectivity index (χ4n) is 3.92. The molecule has 2 amide bonds. The molecular formula is C26H28FN5O2. The number of nitrogens with zero attached hydrogens (tertiary/aromatic N) is 5. The molecule has 34 heavy (non-hydrogen) atoms. The van der Waals surface area contributed by atoms with Crippen LogP contribution in [0.15, 0.2) is 60.7 Å². The van der Waals surface area contributed by atoms with Gasteiger partial charge < -0.3 is 14.7 Å². The third kappa shape index (κ3) is 5.39. The lowest BCUT2D eigenvalue weighted by atomic mass is 10.1. The number of hydrogen-bond acceptors (Lipinski definition) is 5. The van der Waals surface area contributed by atoms with Crippen LogP contribution in [-0.4, -0.2) is 71.1 Å². The van der Waals surface area contributed by atoms with Crippen molar-refractivity contribution in [3.05, 3.63) is 77.6 Å². The number of likely N-dealkylation sites (N-methyl/N-ethyl adjacent to an activating group) is 1. The van der Waals surface area contributed by atoms with Crippen LogP contribution in [0.1, 0.15) is 22.8 Å². The molecule has 1 aromatic heterocycles. The van der Waals surface area contributed by atoms with E-state index in [1.807, 2.05) is 38.1 Å². The second kappa shape index (κ2) is 10.4. The lowest BCUT2D eigenvalue weighted by Gasteiger charge is -2.36. The minimum absolute atomic E-state index is 0.0558. The van der Waals surface area contributed by atoms with E-state index in [9.17, 15) is 14.0 Å². The zero-order valence-corrected chi connectivity index (χ0v) is 19.4. The van der Waals surface area contributed by atoms with Crippen LogP contribution < -0.4 is 4.90 Å². The van der Waals surface area contributed by atoms with Gasteiger partial charge >= 0.3 is 0 Å². The van der Waals surface area contributed by atoms with E-state index in [2.05, 4.69) is 15.1 Å². The Morgan fingerprint density at radius 2 is 1.59 bits per heavy atom. The van der Waals surface area contributed by atoms with E-state index in [1.165, 1.54) is 12.1 Å². The molecule has 0 saturated carbocycles. The van der Waals surface area contributed by atoms with Crippen molar-refractivity contribution < 1.29 is 14.0 Å². The molecule has 8 heteroatoms. The van der Waals surface area contributed by atoms with Gasteiger partial charge in [0.1, 0.15) is 12.4 Å². The van der Waals surface area contributed by atoms with Crippen LogP contribution in [0.5, 0.6) is 0 Å². The number of anilines is 1. The Morgan fingerprint density at radius 1 is 0.912 bits per heavy atom. The second-order valence-corrected chi connectivity index (χ2v) is 8.34. The summed E-state index contributed by atoms with van der Waals surface area (Å²) in [7, 11) is 0. The third-order valence-electron chi connectivity index (χ3n) is 6.04. The largest absolute Gasteiger partial charge is 0.352 e. The van der Waals surface area contributed by atoms with Crippen molar-refractivity contribution in [2.75, 3.05) is 44.2 Å². The van der Waals surface area contributed by atoms with Gasteiger partial charge in [0.25, 0.3) is 5.91 Å². The van der Waals surface area contributed by atoms with Gasteiger partial charge in [-0.25, -0.2) is 4.39 Å². The molecule has 0 aliphatic carbocycles. The summed E-state index contributed by atoms with van der Waals surface area (Å²) < 4.78 is 13.1. The van der Waals surface area contributed by atoms with Crippen LogP contribution >= 0.6 is 0 Å². The topological polar surface area (TPSA) is 69.6 Å². The van der Waals surface area contributed by atoms with Crippen LogP contribution in [0.25, 0.3) is 11.3 Å². The lowest BCUT2D eigenvalue weighted by molar-refractivity contribution is -0.132. The molecule has 3 aromatic rings. The molecule has 0 unspecified atom stereocenters. The summed E-state index contributed by atoms with van der Waals surface area (Å²) in [5.41, 5.74) is 3.16. The molecule has 2 aromatic carbocycles. The molecule has 1 fully saturated rings. The fourth-order valence-corrected chi connectivity index (χ4v) is 3.92. The summed E-state index contributed by atoms with van der Waals surface area (Å²) in [6.07, 6.45) is 0. The Balaban J connectivity index is 1.32. The van der Waals surface area contributed by atoms with Gasteiger partial charge in [-0.1, -0.05) is 17.7 Å². The molecule has 1 aliphatic heterocycles. The summed E-state index contributed by atoms with van der Waals surface area (Å²) in [6, 6.07) is 17.3. The highest BCUT2D eigenvalue weighted by molar-refractivity contribution is 5.96. The van der Waals surface area contributed by atoms with Gasteiger partial charge in [-0.15, -0.1) is 10.2 Å². The Bertz CT molecular complexity index is 1130. The summed E-state index contributed by atoms with van der Waals surface area (Å²) in [5, 5.41) is 8.59. The molecule has 1 aliphatic rings. The van der Waals surface area contributed by atoms with E-state index in [0.717, 1.165) is 16.9 Å².